The molecule has 0 bridgehead atoms. The monoisotopic (exact) mass is 461 g/mol. The number of nitrogens with zero attached hydrogens (tertiary/aromatic N) is 1. The Labute approximate surface area is 191 Å². The van der Waals surface area contributed by atoms with Gasteiger partial charge in [-0.25, -0.2) is 0 Å². The molecule has 1 aliphatic rings. The van der Waals surface area contributed by atoms with E-state index in [9.17, 15) is 20.4 Å². The number of fused-ring (bicyclic) bond motifs is 1. The lowest BCUT2D eigenvalue weighted by Crippen LogP contribution is -2.55. The molecule has 32 heavy (non-hydrogen) atoms. The van der Waals surface area contributed by atoms with Crippen LogP contribution in [-0.4, -0.2) is 62.1 Å². The second-order valence-corrected chi connectivity index (χ2v) is 8.81. The first-order valence-electron chi connectivity index (χ1n) is 10.6. The van der Waals surface area contributed by atoms with Crippen LogP contribution in [0.25, 0.3) is 10.9 Å². The number of hydrogen-bond acceptors (Lipinski definition) is 6. The molecule has 0 aliphatic carbocycles. The number of aromatic nitrogens is 1. The Morgan fingerprint density at radius 2 is 1.75 bits per heavy atom. The van der Waals surface area contributed by atoms with E-state index in [-0.39, 0.29) is 6.10 Å². The Morgan fingerprint density at radius 1 is 1.03 bits per heavy atom. The largest absolute Gasteiger partial charge is 0.491 e. The van der Waals surface area contributed by atoms with Crippen molar-refractivity contribution in [2.45, 2.75) is 57.0 Å². The molecule has 3 aromatic rings. The SMILES string of the molecule is CC(C)Oc1ccc(Cn2cc([C@@H]3O[C@H](CO)[C@@H](O)[C@H](O)[C@H]3O)c3c(Cl)cccc32)cc1. The summed E-state index contributed by atoms with van der Waals surface area (Å²) in [6.07, 6.45) is -4.28. The van der Waals surface area contributed by atoms with Crippen molar-refractivity contribution in [3.63, 3.8) is 0 Å². The number of aliphatic hydroxyl groups excluding tert-OH is 4. The van der Waals surface area contributed by atoms with Gasteiger partial charge in [0, 0.05) is 23.7 Å². The van der Waals surface area contributed by atoms with Crippen LogP contribution in [0.3, 0.4) is 0 Å². The van der Waals surface area contributed by atoms with Crippen LogP contribution >= 0.6 is 11.6 Å². The van der Waals surface area contributed by atoms with Gasteiger partial charge in [-0.2, -0.15) is 0 Å². The van der Waals surface area contributed by atoms with Crippen LogP contribution in [-0.2, 0) is 11.3 Å². The van der Waals surface area contributed by atoms with Crippen LogP contribution in [0.1, 0.15) is 31.1 Å². The average Bonchev–Trinajstić information content (AvgIpc) is 3.13. The predicted molar refractivity (Wildman–Crippen MR) is 121 cm³/mol. The van der Waals surface area contributed by atoms with E-state index in [2.05, 4.69) is 0 Å². The zero-order valence-corrected chi connectivity index (χ0v) is 18.7. The van der Waals surface area contributed by atoms with Gasteiger partial charge in [0.15, 0.2) is 0 Å². The Kier molecular flexibility index (Phi) is 6.76. The lowest BCUT2D eigenvalue weighted by molar-refractivity contribution is -0.231. The second-order valence-electron chi connectivity index (χ2n) is 8.41. The number of halogens is 1. The quantitative estimate of drug-likeness (QED) is 0.450. The van der Waals surface area contributed by atoms with E-state index < -0.39 is 37.1 Å². The number of rotatable bonds is 6. The molecule has 4 N–H and O–H groups in total. The van der Waals surface area contributed by atoms with Crippen LogP contribution in [0.4, 0.5) is 0 Å². The maximum Gasteiger partial charge on any atom is 0.119 e. The van der Waals surface area contributed by atoms with Crippen molar-refractivity contribution in [2.24, 2.45) is 0 Å². The van der Waals surface area contributed by atoms with Gasteiger partial charge in [0.2, 0.25) is 0 Å². The summed E-state index contributed by atoms with van der Waals surface area (Å²) in [5.41, 5.74) is 2.47. The van der Waals surface area contributed by atoms with E-state index in [4.69, 9.17) is 21.1 Å². The topological polar surface area (TPSA) is 104 Å². The summed E-state index contributed by atoms with van der Waals surface area (Å²) in [7, 11) is 0. The fraction of sp³-hybridized carbons (Fsp3) is 0.417. The zero-order valence-electron chi connectivity index (χ0n) is 17.9. The molecule has 0 unspecified atom stereocenters. The summed E-state index contributed by atoms with van der Waals surface area (Å²) >= 11 is 6.52. The first kappa shape index (κ1) is 23.0. The fourth-order valence-electron chi connectivity index (χ4n) is 4.19. The van der Waals surface area contributed by atoms with Crippen molar-refractivity contribution in [3.8, 4) is 5.75 Å². The molecule has 5 atom stereocenters. The molecule has 0 saturated carbocycles. The van der Waals surface area contributed by atoms with Crippen LogP contribution in [0.5, 0.6) is 5.75 Å². The third-order valence-electron chi connectivity index (χ3n) is 5.73. The standard InChI is InChI=1S/C24H28ClNO6/c1-13(2)31-15-8-6-14(7-9-15)10-26-11-16(20-17(25)4-3-5-18(20)26)24-23(30)22(29)21(28)19(12-27)32-24/h3-9,11,13,19,21-24,27-30H,10,12H2,1-2H3/t19-,21-,22+,23-,24+/m1/s1. The van der Waals surface area contributed by atoms with Gasteiger partial charge in [-0.15, -0.1) is 0 Å². The van der Waals surface area contributed by atoms with E-state index in [1.54, 1.807) is 6.07 Å². The van der Waals surface area contributed by atoms with Crippen LogP contribution in [0.2, 0.25) is 5.02 Å². The van der Waals surface area contributed by atoms with Crippen LogP contribution in [0, 0.1) is 0 Å². The highest BCUT2D eigenvalue weighted by Gasteiger charge is 2.45. The third kappa shape index (κ3) is 4.37. The number of benzene rings is 2. The van der Waals surface area contributed by atoms with Crippen LogP contribution in [0.15, 0.2) is 48.7 Å². The second kappa shape index (κ2) is 9.39. The van der Waals surface area contributed by atoms with Crippen molar-refractivity contribution in [1.29, 1.82) is 0 Å². The molecular formula is C24H28ClNO6. The van der Waals surface area contributed by atoms with Gasteiger partial charge in [-0.05, 0) is 43.7 Å². The molecule has 7 nitrogen and oxygen atoms in total. The van der Waals surface area contributed by atoms with E-state index in [0.717, 1.165) is 16.8 Å². The molecule has 2 heterocycles. The fourth-order valence-corrected chi connectivity index (χ4v) is 4.47. The van der Waals surface area contributed by atoms with Crippen molar-refractivity contribution < 1.29 is 29.9 Å². The normalized spacial score (nSPS) is 26.1. The molecule has 1 fully saturated rings. The lowest BCUT2D eigenvalue weighted by atomic mass is 9.91. The molecule has 8 heteroatoms. The van der Waals surface area contributed by atoms with Crippen LogP contribution < -0.4 is 4.74 Å². The summed E-state index contributed by atoms with van der Waals surface area (Å²) in [6.45, 7) is 4.00. The minimum atomic E-state index is -1.46. The molecule has 2 aromatic carbocycles. The average molecular weight is 462 g/mol. The predicted octanol–water partition coefficient (Wildman–Crippen LogP) is 2.65. The van der Waals surface area contributed by atoms with Gasteiger partial charge in [0.05, 0.1) is 23.3 Å². The van der Waals surface area contributed by atoms with Gasteiger partial charge < -0.3 is 34.5 Å². The molecule has 1 aromatic heterocycles. The first-order chi connectivity index (χ1) is 15.3. The summed E-state index contributed by atoms with van der Waals surface area (Å²) in [4.78, 5) is 0. The molecule has 0 spiro atoms. The number of ether oxygens (including phenoxy) is 2. The maximum atomic E-state index is 10.6. The Morgan fingerprint density at radius 3 is 2.41 bits per heavy atom. The van der Waals surface area contributed by atoms with Gasteiger partial charge in [-0.1, -0.05) is 29.8 Å². The molecule has 0 radical (unpaired) electrons. The number of hydrogen-bond donors (Lipinski definition) is 4. The maximum absolute atomic E-state index is 10.6. The number of aliphatic hydroxyl groups is 4. The van der Waals surface area contributed by atoms with Gasteiger partial charge in [0.1, 0.15) is 36.3 Å². The van der Waals surface area contributed by atoms with E-state index in [0.29, 0.717) is 22.5 Å². The minimum Gasteiger partial charge on any atom is -0.491 e. The smallest absolute Gasteiger partial charge is 0.119 e. The Hall–Kier alpha value is -2.13. The molecule has 0 amide bonds. The lowest BCUT2D eigenvalue weighted by Gasteiger charge is -2.40. The zero-order chi connectivity index (χ0) is 23.0. The summed E-state index contributed by atoms with van der Waals surface area (Å²) in [5.74, 6) is 0.797. The summed E-state index contributed by atoms with van der Waals surface area (Å²) in [5, 5.41) is 41.8. The van der Waals surface area contributed by atoms with Crippen molar-refractivity contribution in [1.82, 2.24) is 4.57 Å². The highest BCUT2D eigenvalue weighted by atomic mass is 35.5. The Bertz CT molecular complexity index is 1060. The van der Waals surface area contributed by atoms with Gasteiger partial charge >= 0.3 is 0 Å². The Balaban J connectivity index is 1.71. The van der Waals surface area contributed by atoms with Crippen molar-refractivity contribution in [3.05, 3.63) is 64.8 Å². The molecule has 4 rings (SSSR count). The molecule has 172 valence electrons. The molecular weight excluding hydrogens is 434 g/mol. The highest BCUT2D eigenvalue weighted by molar-refractivity contribution is 6.35. The van der Waals surface area contributed by atoms with Gasteiger partial charge in [-0.3, -0.25) is 0 Å². The minimum absolute atomic E-state index is 0.0949. The van der Waals surface area contributed by atoms with Crippen molar-refractivity contribution >= 4 is 22.5 Å². The van der Waals surface area contributed by atoms with Crippen molar-refractivity contribution in [2.75, 3.05) is 6.61 Å². The van der Waals surface area contributed by atoms with E-state index >= 15 is 0 Å². The van der Waals surface area contributed by atoms with Gasteiger partial charge in [0.25, 0.3) is 0 Å². The summed E-state index contributed by atoms with van der Waals surface area (Å²) in [6, 6.07) is 13.3. The van der Waals surface area contributed by atoms with E-state index in [1.807, 2.05) is 61.0 Å². The molecule has 1 saturated heterocycles. The highest BCUT2D eigenvalue weighted by Crippen LogP contribution is 2.39. The summed E-state index contributed by atoms with van der Waals surface area (Å²) < 4.78 is 13.5. The van der Waals surface area contributed by atoms with E-state index in [1.165, 1.54) is 0 Å². The molecule has 1 aliphatic heterocycles. The third-order valence-corrected chi connectivity index (χ3v) is 6.05. The first-order valence-corrected chi connectivity index (χ1v) is 11.0.